The van der Waals surface area contributed by atoms with E-state index in [1.54, 1.807) is 18.4 Å². The molecule has 0 spiro atoms. The Balaban J connectivity index is 1.38. The zero-order valence-electron chi connectivity index (χ0n) is 17.5. The maximum Gasteiger partial charge on any atom is 0.295 e. The predicted molar refractivity (Wildman–Crippen MR) is 119 cm³/mol. The molecule has 0 aliphatic carbocycles. The number of anilines is 1. The van der Waals surface area contributed by atoms with Crippen molar-refractivity contribution < 1.29 is 9.21 Å². The van der Waals surface area contributed by atoms with Gasteiger partial charge in [0.2, 0.25) is 0 Å². The van der Waals surface area contributed by atoms with Crippen LogP contribution in [-0.2, 0) is 6.42 Å². The van der Waals surface area contributed by atoms with Crippen LogP contribution in [-0.4, -0.2) is 41.5 Å². The summed E-state index contributed by atoms with van der Waals surface area (Å²) < 4.78 is 5.40. The fourth-order valence-corrected chi connectivity index (χ4v) is 4.13. The van der Waals surface area contributed by atoms with Gasteiger partial charge in [-0.05, 0) is 68.5 Å². The van der Waals surface area contributed by atoms with Crippen molar-refractivity contribution in [1.82, 2.24) is 9.88 Å². The Morgan fingerprint density at radius 1 is 1.10 bits per heavy atom. The molecule has 1 fully saturated rings. The lowest BCUT2D eigenvalue weighted by atomic mass is 10.0. The number of carbonyl (C=O) groups is 1. The Bertz CT molecular complexity index is 915. The molecule has 0 N–H and O–H groups in total. The van der Waals surface area contributed by atoms with Crippen LogP contribution < -0.4 is 4.90 Å². The number of hydrogen-bond acceptors (Lipinski definition) is 4. The maximum absolute atomic E-state index is 13.2. The molecule has 3 aromatic rings. The number of rotatable bonds is 7. The fraction of sp³-hybridized carbons (Fsp3) is 0.360. The molecule has 3 heterocycles. The molecule has 4 rings (SSSR count). The minimum absolute atomic E-state index is 0.112. The number of amides is 1. The third kappa shape index (κ3) is 4.97. The zero-order chi connectivity index (χ0) is 20.8. The predicted octanol–water partition coefficient (Wildman–Crippen LogP) is 4.73. The zero-order valence-corrected chi connectivity index (χ0v) is 17.5. The Kier molecular flexibility index (Phi) is 6.60. The van der Waals surface area contributed by atoms with Gasteiger partial charge in [-0.1, -0.05) is 36.4 Å². The SMILES string of the molecule is Cc1ccc(N(C(=O)c2ccco2)C2CCN(CCCc3ccccc3)CC2)nc1. The average molecular weight is 404 g/mol. The van der Waals surface area contributed by atoms with E-state index in [-0.39, 0.29) is 11.9 Å². The van der Waals surface area contributed by atoms with Crippen molar-refractivity contribution in [3.63, 3.8) is 0 Å². The number of carbonyl (C=O) groups excluding carboxylic acids is 1. The second kappa shape index (κ2) is 9.72. The summed E-state index contributed by atoms with van der Waals surface area (Å²) in [6.45, 7) is 5.08. The Hall–Kier alpha value is -2.92. The van der Waals surface area contributed by atoms with Crippen LogP contribution in [0.25, 0.3) is 0 Å². The lowest BCUT2D eigenvalue weighted by Crippen LogP contribution is -2.48. The average Bonchev–Trinajstić information content (AvgIpc) is 3.32. The van der Waals surface area contributed by atoms with Gasteiger partial charge in [0.1, 0.15) is 5.82 Å². The maximum atomic E-state index is 13.2. The highest BCUT2D eigenvalue weighted by molar-refractivity contribution is 6.04. The van der Waals surface area contributed by atoms with Crippen LogP contribution in [0.3, 0.4) is 0 Å². The van der Waals surface area contributed by atoms with Crippen molar-refractivity contribution in [2.45, 2.75) is 38.6 Å². The molecule has 0 saturated carbocycles. The second-order valence-corrected chi connectivity index (χ2v) is 8.01. The van der Waals surface area contributed by atoms with E-state index in [4.69, 9.17) is 4.42 Å². The van der Waals surface area contributed by atoms with E-state index in [0.717, 1.165) is 50.9 Å². The molecule has 156 valence electrons. The lowest BCUT2D eigenvalue weighted by Gasteiger charge is -2.37. The number of pyridine rings is 1. The third-order valence-corrected chi connectivity index (χ3v) is 5.80. The first kappa shape index (κ1) is 20.4. The number of furan rings is 1. The highest BCUT2D eigenvalue weighted by Crippen LogP contribution is 2.25. The van der Waals surface area contributed by atoms with Crippen molar-refractivity contribution >= 4 is 11.7 Å². The number of aryl methyl sites for hydroxylation is 2. The van der Waals surface area contributed by atoms with Crippen LogP contribution in [0.2, 0.25) is 0 Å². The second-order valence-electron chi connectivity index (χ2n) is 8.01. The molecule has 5 heteroatoms. The fourth-order valence-electron chi connectivity index (χ4n) is 4.13. The molecule has 1 aliphatic heterocycles. The molecule has 1 amide bonds. The van der Waals surface area contributed by atoms with Crippen LogP contribution >= 0.6 is 0 Å². The summed E-state index contributed by atoms with van der Waals surface area (Å²) in [5.41, 5.74) is 2.48. The topological polar surface area (TPSA) is 49.6 Å². The number of piperidine rings is 1. The summed E-state index contributed by atoms with van der Waals surface area (Å²) in [4.78, 5) is 22.1. The van der Waals surface area contributed by atoms with Gasteiger partial charge >= 0.3 is 0 Å². The van der Waals surface area contributed by atoms with E-state index in [0.29, 0.717) is 11.6 Å². The Morgan fingerprint density at radius 3 is 2.57 bits per heavy atom. The van der Waals surface area contributed by atoms with E-state index in [1.165, 1.54) is 5.56 Å². The molecule has 0 atom stereocenters. The van der Waals surface area contributed by atoms with Gasteiger partial charge in [-0.25, -0.2) is 4.98 Å². The highest BCUT2D eigenvalue weighted by Gasteiger charge is 2.31. The lowest BCUT2D eigenvalue weighted by molar-refractivity contribution is 0.0932. The molecule has 0 unspecified atom stereocenters. The molecule has 1 aromatic carbocycles. The minimum Gasteiger partial charge on any atom is -0.459 e. The van der Waals surface area contributed by atoms with Crippen LogP contribution in [0, 0.1) is 6.92 Å². The van der Waals surface area contributed by atoms with Gasteiger partial charge < -0.3 is 9.32 Å². The van der Waals surface area contributed by atoms with Gasteiger partial charge in [0.15, 0.2) is 5.76 Å². The molecule has 0 radical (unpaired) electrons. The molecular weight excluding hydrogens is 374 g/mol. The van der Waals surface area contributed by atoms with Crippen LogP contribution in [0.1, 0.15) is 40.9 Å². The summed E-state index contributed by atoms with van der Waals surface area (Å²) in [6, 6.07) is 18.2. The van der Waals surface area contributed by atoms with Crippen molar-refractivity contribution in [2.75, 3.05) is 24.5 Å². The van der Waals surface area contributed by atoms with E-state index in [2.05, 4.69) is 40.2 Å². The number of aromatic nitrogens is 1. The quantitative estimate of drug-likeness (QED) is 0.572. The first-order valence-electron chi connectivity index (χ1n) is 10.8. The van der Waals surface area contributed by atoms with E-state index >= 15 is 0 Å². The van der Waals surface area contributed by atoms with Crippen molar-refractivity contribution in [2.24, 2.45) is 0 Å². The summed E-state index contributed by atoms with van der Waals surface area (Å²) in [5.74, 6) is 0.950. The molecule has 1 aliphatic rings. The van der Waals surface area contributed by atoms with Crippen LogP contribution in [0.4, 0.5) is 5.82 Å². The Labute approximate surface area is 178 Å². The van der Waals surface area contributed by atoms with Crippen LogP contribution in [0.15, 0.2) is 71.5 Å². The molecular formula is C25H29N3O2. The number of benzene rings is 1. The Morgan fingerprint density at radius 2 is 1.90 bits per heavy atom. The van der Waals surface area contributed by atoms with Crippen molar-refractivity contribution in [1.29, 1.82) is 0 Å². The van der Waals surface area contributed by atoms with Gasteiger partial charge in [0.05, 0.1) is 6.26 Å². The van der Waals surface area contributed by atoms with Gasteiger partial charge in [0, 0.05) is 25.3 Å². The summed E-state index contributed by atoms with van der Waals surface area (Å²) in [6.07, 6.45) is 7.50. The third-order valence-electron chi connectivity index (χ3n) is 5.80. The minimum atomic E-state index is -0.112. The summed E-state index contributed by atoms with van der Waals surface area (Å²) in [7, 11) is 0. The van der Waals surface area contributed by atoms with Crippen LogP contribution in [0.5, 0.6) is 0 Å². The van der Waals surface area contributed by atoms with Crippen molar-refractivity contribution in [3.05, 3.63) is 83.9 Å². The molecule has 0 bridgehead atoms. The number of nitrogens with zero attached hydrogens (tertiary/aromatic N) is 3. The van der Waals surface area contributed by atoms with E-state index in [1.807, 2.05) is 30.2 Å². The first-order valence-corrected chi connectivity index (χ1v) is 10.8. The molecule has 30 heavy (non-hydrogen) atoms. The first-order chi connectivity index (χ1) is 14.7. The van der Waals surface area contributed by atoms with Gasteiger partial charge in [0.25, 0.3) is 5.91 Å². The summed E-state index contributed by atoms with van der Waals surface area (Å²) >= 11 is 0. The number of likely N-dealkylation sites (tertiary alicyclic amines) is 1. The number of hydrogen-bond donors (Lipinski definition) is 0. The normalized spacial score (nSPS) is 15.2. The van der Waals surface area contributed by atoms with Crippen molar-refractivity contribution in [3.8, 4) is 0 Å². The highest BCUT2D eigenvalue weighted by atomic mass is 16.3. The standard InChI is InChI=1S/C25H29N3O2/c1-20-11-12-24(26-19-20)28(25(29)23-10-6-18-30-23)22-13-16-27(17-14-22)15-5-9-21-7-3-2-4-8-21/h2-4,6-8,10-12,18-19,22H,5,9,13-17H2,1H3. The monoisotopic (exact) mass is 403 g/mol. The molecule has 2 aromatic heterocycles. The van der Waals surface area contributed by atoms with Gasteiger partial charge in [-0.2, -0.15) is 0 Å². The molecule has 5 nitrogen and oxygen atoms in total. The van der Waals surface area contributed by atoms with E-state index < -0.39 is 0 Å². The largest absolute Gasteiger partial charge is 0.459 e. The smallest absolute Gasteiger partial charge is 0.295 e. The molecule has 1 saturated heterocycles. The van der Waals surface area contributed by atoms with Gasteiger partial charge in [-0.3, -0.25) is 9.69 Å². The van der Waals surface area contributed by atoms with E-state index in [9.17, 15) is 4.79 Å². The summed E-state index contributed by atoms with van der Waals surface area (Å²) in [5, 5.41) is 0. The van der Waals surface area contributed by atoms with Gasteiger partial charge in [-0.15, -0.1) is 0 Å².